The molecule has 4 nitrogen and oxygen atoms in total. The van der Waals surface area contributed by atoms with Crippen molar-refractivity contribution in [3.8, 4) is 0 Å². The van der Waals surface area contributed by atoms with Gasteiger partial charge in [0.15, 0.2) is 0 Å². The molecule has 0 spiro atoms. The van der Waals surface area contributed by atoms with Crippen LogP contribution in [0.2, 0.25) is 0 Å². The Bertz CT molecular complexity index is 242. The van der Waals surface area contributed by atoms with Crippen LogP contribution in [0.15, 0.2) is 0 Å². The maximum absolute atomic E-state index is 11.0. The number of carboxylic acids is 1. The molecule has 0 aromatic rings. The van der Waals surface area contributed by atoms with Gasteiger partial charge in [-0.25, -0.2) is 0 Å². The summed E-state index contributed by atoms with van der Waals surface area (Å²) in [6.45, 7) is 0.980. The first kappa shape index (κ1) is 14.8. The molecule has 1 unspecified atom stereocenters. The molecule has 1 aliphatic rings. The number of carboxylic acid groups (broad SMARTS) is 1. The Hall–Kier alpha value is -0.260. The van der Waals surface area contributed by atoms with E-state index in [1.165, 1.54) is 39.2 Å². The highest BCUT2D eigenvalue weighted by Gasteiger charge is 2.32. The molecule has 0 aromatic carbocycles. The Kier molecular flexibility index (Phi) is 6.30. The van der Waals surface area contributed by atoms with E-state index in [1.54, 1.807) is 0 Å². The van der Waals surface area contributed by atoms with Gasteiger partial charge in [0, 0.05) is 18.4 Å². The third kappa shape index (κ3) is 4.48. The molecular weight excluding hydrogens is 238 g/mol. The predicted octanol–water partition coefficient (Wildman–Crippen LogP) is 1.74. The Labute approximate surface area is 107 Å². The van der Waals surface area contributed by atoms with Gasteiger partial charge in [-0.15, -0.1) is 0 Å². The van der Waals surface area contributed by atoms with E-state index in [0.29, 0.717) is 0 Å². The summed E-state index contributed by atoms with van der Waals surface area (Å²) in [5, 5.41) is 12.2. The number of hydrogen-bond donors (Lipinski definition) is 2. The minimum Gasteiger partial charge on any atom is -0.480 e. The largest absolute Gasteiger partial charge is 0.480 e. The Morgan fingerprint density at radius 3 is 2.59 bits per heavy atom. The van der Waals surface area contributed by atoms with Crippen molar-refractivity contribution in [2.45, 2.75) is 42.9 Å². The first-order valence-corrected chi connectivity index (χ1v) is 7.36. The van der Waals surface area contributed by atoms with Gasteiger partial charge in [-0.1, -0.05) is 19.3 Å². The van der Waals surface area contributed by atoms with Gasteiger partial charge in [0.05, 0.1) is 6.61 Å². The van der Waals surface area contributed by atoms with Gasteiger partial charge in [0.2, 0.25) is 0 Å². The average Bonchev–Trinajstić information content (AvgIpc) is 2.35. The molecule has 0 amide bonds. The van der Waals surface area contributed by atoms with Crippen LogP contribution in [0.3, 0.4) is 0 Å². The summed E-state index contributed by atoms with van der Waals surface area (Å²) < 4.78 is 5.14. The predicted molar refractivity (Wildman–Crippen MR) is 70.6 cm³/mol. The fourth-order valence-electron chi connectivity index (χ4n) is 2.34. The molecule has 1 rings (SSSR count). The highest BCUT2D eigenvalue weighted by atomic mass is 32.2. The summed E-state index contributed by atoms with van der Waals surface area (Å²) in [5.41, 5.74) is 0. The van der Waals surface area contributed by atoms with Gasteiger partial charge in [-0.2, -0.15) is 11.8 Å². The fraction of sp³-hybridized carbons (Fsp3) is 0.917. The quantitative estimate of drug-likeness (QED) is 0.731. The zero-order valence-corrected chi connectivity index (χ0v) is 11.5. The van der Waals surface area contributed by atoms with E-state index in [4.69, 9.17) is 9.84 Å². The molecule has 0 bridgehead atoms. The van der Waals surface area contributed by atoms with Gasteiger partial charge >= 0.3 is 5.97 Å². The number of carbonyl (C=O) groups is 1. The average molecular weight is 261 g/mol. The van der Waals surface area contributed by atoms with Crippen molar-refractivity contribution in [1.82, 2.24) is 5.32 Å². The SMILES string of the molecule is COCC(NCC1(SC)CCCCC1)C(=O)O. The van der Waals surface area contributed by atoms with E-state index in [0.717, 1.165) is 6.54 Å². The molecule has 0 heterocycles. The smallest absolute Gasteiger partial charge is 0.323 e. The van der Waals surface area contributed by atoms with Gasteiger partial charge in [0.1, 0.15) is 6.04 Å². The number of hydrogen-bond acceptors (Lipinski definition) is 4. The second-order valence-electron chi connectivity index (χ2n) is 4.67. The molecule has 1 saturated carbocycles. The molecule has 0 radical (unpaired) electrons. The second kappa shape index (κ2) is 7.24. The van der Waals surface area contributed by atoms with E-state index in [2.05, 4.69) is 11.6 Å². The van der Waals surface area contributed by atoms with Crippen LogP contribution >= 0.6 is 11.8 Å². The van der Waals surface area contributed by atoms with E-state index >= 15 is 0 Å². The van der Waals surface area contributed by atoms with Crippen LogP contribution in [0.5, 0.6) is 0 Å². The lowest BCUT2D eigenvalue weighted by Gasteiger charge is -2.36. The van der Waals surface area contributed by atoms with Crippen molar-refractivity contribution in [3.05, 3.63) is 0 Å². The second-order valence-corrected chi connectivity index (χ2v) is 5.95. The minimum absolute atomic E-state index is 0.222. The van der Waals surface area contributed by atoms with E-state index in [-0.39, 0.29) is 11.4 Å². The van der Waals surface area contributed by atoms with Gasteiger partial charge in [-0.05, 0) is 19.1 Å². The molecule has 17 heavy (non-hydrogen) atoms. The lowest BCUT2D eigenvalue weighted by atomic mass is 9.88. The molecule has 2 N–H and O–H groups in total. The number of nitrogens with one attached hydrogen (secondary N) is 1. The summed E-state index contributed by atoms with van der Waals surface area (Å²) in [4.78, 5) is 11.0. The Morgan fingerprint density at radius 1 is 1.47 bits per heavy atom. The summed E-state index contributed by atoms with van der Waals surface area (Å²) in [5.74, 6) is -0.834. The molecular formula is C12H23NO3S. The summed E-state index contributed by atoms with van der Waals surface area (Å²) in [6, 6.07) is -0.592. The minimum atomic E-state index is -0.834. The van der Waals surface area contributed by atoms with E-state index < -0.39 is 12.0 Å². The van der Waals surface area contributed by atoms with Crippen LogP contribution in [0, 0.1) is 0 Å². The van der Waals surface area contributed by atoms with Gasteiger partial charge in [-0.3, -0.25) is 4.79 Å². The van der Waals surface area contributed by atoms with Gasteiger partial charge < -0.3 is 15.2 Å². The number of rotatable bonds is 7. The monoisotopic (exact) mass is 261 g/mol. The number of aliphatic carboxylic acids is 1. The maximum Gasteiger partial charge on any atom is 0.323 e. The van der Waals surface area contributed by atoms with Crippen LogP contribution in [0.1, 0.15) is 32.1 Å². The van der Waals surface area contributed by atoms with E-state index in [1.807, 2.05) is 11.8 Å². The zero-order valence-electron chi connectivity index (χ0n) is 10.7. The third-order valence-electron chi connectivity index (χ3n) is 3.50. The lowest BCUT2D eigenvalue weighted by molar-refractivity contribution is -0.140. The number of ether oxygens (including phenoxy) is 1. The summed E-state index contributed by atoms with van der Waals surface area (Å²) >= 11 is 1.87. The first-order chi connectivity index (χ1) is 8.13. The Balaban J connectivity index is 2.47. The normalized spacial score (nSPS) is 21.1. The highest BCUT2D eigenvalue weighted by Crippen LogP contribution is 2.37. The van der Waals surface area contributed by atoms with Crippen molar-refractivity contribution in [3.63, 3.8) is 0 Å². The van der Waals surface area contributed by atoms with Gasteiger partial charge in [0.25, 0.3) is 0 Å². The molecule has 1 fully saturated rings. The molecule has 0 aliphatic heterocycles. The number of methoxy groups -OCH3 is 1. The van der Waals surface area contributed by atoms with Crippen molar-refractivity contribution in [2.75, 3.05) is 26.5 Å². The highest BCUT2D eigenvalue weighted by molar-refractivity contribution is 8.00. The van der Waals surface area contributed by atoms with Crippen LogP contribution in [-0.2, 0) is 9.53 Å². The fourth-order valence-corrected chi connectivity index (χ4v) is 3.27. The number of thioether (sulfide) groups is 1. The maximum atomic E-state index is 11.0. The zero-order chi connectivity index (χ0) is 12.7. The van der Waals surface area contributed by atoms with Crippen molar-refractivity contribution in [2.24, 2.45) is 0 Å². The summed E-state index contributed by atoms with van der Waals surface area (Å²) in [7, 11) is 1.53. The topological polar surface area (TPSA) is 58.6 Å². The van der Waals surface area contributed by atoms with Crippen LogP contribution < -0.4 is 5.32 Å². The van der Waals surface area contributed by atoms with Crippen LogP contribution in [-0.4, -0.2) is 48.4 Å². The molecule has 0 saturated heterocycles. The summed E-state index contributed by atoms with van der Waals surface area (Å²) in [6.07, 6.45) is 8.30. The Morgan fingerprint density at radius 2 is 2.12 bits per heavy atom. The lowest BCUT2D eigenvalue weighted by Crippen LogP contribution is -2.48. The van der Waals surface area contributed by atoms with Crippen molar-refractivity contribution < 1.29 is 14.6 Å². The molecule has 1 atom stereocenters. The van der Waals surface area contributed by atoms with Crippen LogP contribution in [0.25, 0.3) is 0 Å². The molecule has 5 heteroatoms. The molecule has 100 valence electrons. The first-order valence-electron chi connectivity index (χ1n) is 6.14. The van der Waals surface area contributed by atoms with Crippen molar-refractivity contribution >= 4 is 17.7 Å². The van der Waals surface area contributed by atoms with E-state index in [9.17, 15) is 4.79 Å². The third-order valence-corrected chi connectivity index (χ3v) is 4.92. The van der Waals surface area contributed by atoms with Crippen LogP contribution in [0.4, 0.5) is 0 Å². The standard InChI is InChI=1S/C12H23NO3S/c1-16-8-10(11(14)15)13-9-12(17-2)6-4-3-5-7-12/h10,13H,3-9H2,1-2H3,(H,14,15). The van der Waals surface area contributed by atoms with Crippen molar-refractivity contribution in [1.29, 1.82) is 0 Å². The molecule has 1 aliphatic carbocycles. The molecule has 0 aromatic heterocycles.